The van der Waals surface area contributed by atoms with Crippen LogP contribution >= 0.6 is 0 Å². The average Bonchev–Trinajstić information content (AvgIpc) is 3.09. The second kappa shape index (κ2) is 4.66. The Kier molecular flexibility index (Phi) is 3.25. The molecule has 0 aromatic heterocycles. The maximum absolute atomic E-state index is 11.4. The first-order valence-electron chi connectivity index (χ1n) is 5.67. The minimum atomic E-state index is -0.396. The van der Waals surface area contributed by atoms with Gasteiger partial charge in [0.2, 0.25) is 0 Å². The van der Waals surface area contributed by atoms with Gasteiger partial charge in [0.15, 0.2) is 6.10 Å². The standard InChI is InChI=1S/C13H16O3/c1-3-9-5-7-10(8-6-9)11-12(16-11)13(14)15-4-2/h5-8,11-12H,3-4H2,1-2H3. The van der Waals surface area contributed by atoms with Crippen molar-refractivity contribution in [3.63, 3.8) is 0 Å². The first-order chi connectivity index (χ1) is 7.76. The van der Waals surface area contributed by atoms with E-state index in [0.29, 0.717) is 6.61 Å². The molecule has 0 bridgehead atoms. The predicted octanol–water partition coefficient (Wildman–Crippen LogP) is 2.25. The second-order valence-corrected chi connectivity index (χ2v) is 3.82. The van der Waals surface area contributed by atoms with Crippen molar-refractivity contribution >= 4 is 5.97 Å². The number of ether oxygens (including phenoxy) is 2. The predicted molar refractivity (Wildman–Crippen MR) is 60.1 cm³/mol. The molecule has 1 heterocycles. The highest BCUT2D eigenvalue weighted by molar-refractivity contribution is 5.78. The summed E-state index contributed by atoms with van der Waals surface area (Å²) in [6.45, 7) is 4.32. The maximum Gasteiger partial charge on any atom is 0.338 e. The number of carbonyl (C=O) groups excluding carboxylic acids is 1. The molecular formula is C13H16O3. The van der Waals surface area contributed by atoms with Gasteiger partial charge in [0.05, 0.1) is 6.61 Å². The lowest BCUT2D eigenvalue weighted by atomic mass is 10.1. The minimum Gasteiger partial charge on any atom is -0.464 e. The summed E-state index contributed by atoms with van der Waals surface area (Å²) in [6.07, 6.45) is 0.519. The van der Waals surface area contributed by atoms with Gasteiger partial charge in [0.25, 0.3) is 0 Å². The van der Waals surface area contributed by atoms with Crippen molar-refractivity contribution in [3.05, 3.63) is 35.4 Å². The van der Waals surface area contributed by atoms with Gasteiger partial charge >= 0.3 is 5.97 Å². The van der Waals surface area contributed by atoms with Crippen molar-refractivity contribution in [3.8, 4) is 0 Å². The van der Waals surface area contributed by atoms with Crippen LogP contribution in [0.25, 0.3) is 0 Å². The first-order valence-corrected chi connectivity index (χ1v) is 5.67. The smallest absolute Gasteiger partial charge is 0.338 e. The van der Waals surface area contributed by atoms with E-state index in [1.807, 2.05) is 12.1 Å². The zero-order chi connectivity index (χ0) is 11.5. The Morgan fingerprint density at radius 3 is 2.56 bits per heavy atom. The van der Waals surface area contributed by atoms with Crippen LogP contribution in [0.15, 0.2) is 24.3 Å². The number of hydrogen-bond acceptors (Lipinski definition) is 3. The molecule has 16 heavy (non-hydrogen) atoms. The van der Waals surface area contributed by atoms with E-state index in [-0.39, 0.29) is 12.1 Å². The fourth-order valence-electron chi connectivity index (χ4n) is 1.71. The molecule has 1 aromatic carbocycles. The van der Waals surface area contributed by atoms with Gasteiger partial charge in [-0.2, -0.15) is 0 Å². The molecule has 1 aromatic rings. The molecule has 86 valence electrons. The Labute approximate surface area is 95.4 Å². The van der Waals surface area contributed by atoms with Gasteiger partial charge in [-0.15, -0.1) is 0 Å². The van der Waals surface area contributed by atoms with E-state index in [9.17, 15) is 4.79 Å². The van der Waals surface area contributed by atoms with Crippen molar-refractivity contribution in [2.45, 2.75) is 32.5 Å². The molecule has 0 saturated carbocycles. The van der Waals surface area contributed by atoms with Crippen LogP contribution in [-0.2, 0) is 20.7 Å². The SMILES string of the molecule is CCOC(=O)C1OC1c1ccc(CC)cc1. The van der Waals surface area contributed by atoms with Gasteiger partial charge in [-0.05, 0) is 24.5 Å². The molecule has 1 aliphatic heterocycles. The number of hydrogen-bond donors (Lipinski definition) is 0. The number of epoxide rings is 1. The van der Waals surface area contributed by atoms with E-state index >= 15 is 0 Å². The summed E-state index contributed by atoms with van der Waals surface area (Å²) in [5.41, 5.74) is 2.34. The van der Waals surface area contributed by atoms with E-state index in [1.165, 1.54) is 5.56 Å². The van der Waals surface area contributed by atoms with Gasteiger partial charge in [0.1, 0.15) is 6.10 Å². The lowest BCUT2D eigenvalue weighted by molar-refractivity contribution is -0.144. The Morgan fingerprint density at radius 1 is 1.31 bits per heavy atom. The van der Waals surface area contributed by atoms with Crippen molar-refractivity contribution in [1.82, 2.24) is 0 Å². The Bertz CT molecular complexity index is 369. The molecule has 0 spiro atoms. The molecular weight excluding hydrogens is 204 g/mol. The molecule has 3 nitrogen and oxygen atoms in total. The third-order valence-corrected chi connectivity index (χ3v) is 2.73. The Hall–Kier alpha value is -1.35. The van der Waals surface area contributed by atoms with Crippen LogP contribution in [0.1, 0.15) is 31.1 Å². The van der Waals surface area contributed by atoms with Crippen LogP contribution in [-0.4, -0.2) is 18.7 Å². The summed E-state index contributed by atoms with van der Waals surface area (Å²) in [4.78, 5) is 11.4. The van der Waals surface area contributed by atoms with E-state index in [4.69, 9.17) is 9.47 Å². The summed E-state index contributed by atoms with van der Waals surface area (Å²) < 4.78 is 10.2. The molecule has 1 saturated heterocycles. The lowest BCUT2D eigenvalue weighted by Crippen LogP contribution is -2.11. The fourth-order valence-corrected chi connectivity index (χ4v) is 1.71. The van der Waals surface area contributed by atoms with Gasteiger partial charge in [0, 0.05) is 0 Å². The molecule has 1 aliphatic rings. The highest BCUT2D eigenvalue weighted by atomic mass is 16.6. The second-order valence-electron chi connectivity index (χ2n) is 3.82. The molecule has 0 amide bonds. The maximum atomic E-state index is 11.4. The van der Waals surface area contributed by atoms with E-state index in [1.54, 1.807) is 6.92 Å². The molecule has 1 fully saturated rings. The molecule has 2 unspecified atom stereocenters. The highest BCUT2D eigenvalue weighted by Crippen LogP contribution is 2.39. The normalized spacial score (nSPS) is 22.9. The monoisotopic (exact) mass is 220 g/mol. The molecule has 0 radical (unpaired) electrons. The molecule has 0 aliphatic carbocycles. The molecule has 2 atom stereocenters. The summed E-state index contributed by atoms with van der Waals surface area (Å²) in [5, 5.41) is 0. The highest BCUT2D eigenvalue weighted by Gasteiger charge is 2.47. The molecule has 3 heteroatoms. The van der Waals surface area contributed by atoms with E-state index in [0.717, 1.165) is 12.0 Å². The van der Waals surface area contributed by atoms with Crippen LogP contribution in [0.4, 0.5) is 0 Å². The van der Waals surface area contributed by atoms with Gasteiger partial charge < -0.3 is 9.47 Å². The number of esters is 1. The number of rotatable bonds is 4. The number of benzene rings is 1. The zero-order valence-corrected chi connectivity index (χ0v) is 9.60. The topological polar surface area (TPSA) is 38.8 Å². The summed E-state index contributed by atoms with van der Waals surface area (Å²) in [6, 6.07) is 8.17. The van der Waals surface area contributed by atoms with E-state index in [2.05, 4.69) is 19.1 Å². The summed E-state index contributed by atoms with van der Waals surface area (Å²) in [7, 11) is 0. The first kappa shape index (κ1) is 11.1. The van der Waals surface area contributed by atoms with Crippen LogP contribution in [0.2, 0.25) is 0 Å². The van der Waals surface area contributed by atoms with Crippen LogP contribution in [0.3, 0.4) is 0 Å². The third kappa shape index (κ3) is 2.25. The van der Waals surface area contributed by atoms with Gasteiger partial charge in [-0.1, -0.05) is 31.2 Å². The minimum absolute atomic E-state index is 0.107. The Balaban J connectivity index is 1.97. The lowest BCUT2D eigenvalue weighted by Gasteiger charge is -1.99. The summed E-state index contributed by atoms with van der Waals surface area (Å²) >= 11 is 0. The summed E-state index contributed by atoms with van der Waals surface area (Å²) in [5.74, 6) is -0.257. The quantitative estimate of drug-likeness (QED) is 0.577. The third-order valence-electron chi connectivity index (χ3n) is 2.73. The number of carbonyl (C=O) groups is 1. The van der Waals surface area contributed by atoms with Crippen LogP contribution in [0, 0.1) is 0 Å². The van der Waals surface area contributed by atoms with Gasteiger partial charge in [-0.25, -0.2) is 4.79 Å². The van der Waals surface area contributed by atoms with Crippen molar-refractivity contribution in [2.75, 3.05) is 6.61 Å². The molecule has 0 N–H and O–H groups in total. The van der Waals surface area contributed by atoms with Crippen LogP contribution in [0.5, 0.6) is 0 Å². The number of aryl methyl sites for hydroxylation is 1. The molecule has 2 rings (SSSR count). The average molecular weight is 220 g/mol. The van der Waals surface area contributed by atoms with Gasteiger partial charge in [-0.3, -0.25) is 0 Å². The fraction of sp³-hybridized carbons (Fsp3) is 0.462. The van der Waals surface area contributed by atoms with E-state index < -0.39 is 6.10 Å². The van der Waals surface area contributed by atoms with Crippen molar-refractivity contribution < 1.29 is 14.3 Å². The Morgan fingerprint density at radius 2 is 2.00 bits per heavy atom. The van der Waals surface area contributed by atoms with Crippen molar-refractivity contribution in [1.29, 1.82) is 0 Å². The van der Waals surface area contributed by atoms with Crippen molar-refractivity contribution in [2.24, 2.45) is 0 Å². The largest absolute Gasteiger partial charge is 0.464 e. The van der Waals surface area contributed by atoms with Crippen LogP contribution < -0.4 is 0 Å². The zero-order valence-electron chi connectivity index (χ0n) is 9.60.